The standard InChI is InChI=1S/C13H18N2O3.C2HF3O2/c1-13(7-14-8-13)12(16)15-9-5-4-6-10(17-2)11(9)18-3;3-2(4,5)1(6)7/h4-6,14H,7-8H2,1-3H3,(H,15,16);(H,6,7). The first-order valence-corrected chi connectivity index (χ1v) is 7.08. The van der Waals surface area contributed by atoms with Gasteiger partial charge in [-0.05, 0) is 19.1 Å². The summed E-state index contributed by atoms with van der Waals surface area (Å²) in [6.07, 6.45) is -5.08. The molecule has 1 aromatic carbocycles. The zero-order valence-corrected chi connectivity index (χ0v) is 13.9. The first kappa shape index (κ1) is 20.6. The Morgan fingerprint density at radius 2 is 1.80 bits per heavy atom. The number of carbonyl (C=O) groups excluding carboxylic acids is 1. The zero-order chi connectivity index (χ0) is 19.3. The van der Waals surface area contributed by atoms with Gasteiger partial charge in [0, 0.05) is 13.1 Å². The van der Waals surface area contributed by atoms with Crippen molar-refractivity contribution in [2.75, 3.05) is 32.6 Å². The molecular formula is C15H19F3N2O5. The van der Waals surface area contributed by atoms with Crippen molar-refractivity contribution in [1.29, 1.82) is 0 Å². The van der Waals surface area contributed by atoms with Crippen LogP contribution in [0.1, 0.15) is 6.92 Å². The topological polar surface area (TPSA) is 96.9 Å². The number of carboxylic acid groups (broad SMARTS) is 1. The smallest absolute Gasteiger partial charge is 0.490 e. The summed E-state index contributed by atoms with van der Waals surface area (Å²) in [6, 6.07) is 5.41. The lowest BCUT2D eigenvalue weighted by atomic mass is 9.83. The second-order valence-electron chi connectivity index (χ2n) is 5.46. The molecule has 0 unspecified atom stereocenters. The molecule has 10 heteroatoms. The number of aliphatic carboxylic acids is 1. The van der Waals surface area contributed by atoms with Crippen LogP contribution < -0.4 is 20.1 Å². The van der Waals surface area contributed by atoms with Crippen molar-refractivity contribution in [3.05, 3.63) is 18.2 Å². The van der Waals surface area contributed by atoms with E-state index >= 15 is 0 Å². The number of hydrogen-bond donors (Lipinski definition) is 3. The average Bonchev–Trinajstić information content (AvgIpc) is 2.51. The van der Waals surface area contributed by atoms with Gasteiger partial charge < -0.3 is 25.2 Å². The van der Waals surface area contributed by atoms with E-state index < -0.39 is 12.1 Å². The van der Waals surface area contributed by atoms with Crippen LogP contribution in [0, 0.1) is 5.41 Å². The zero-order valence-electron chi connectivity index (χ0n) is 13.9. The third-order valence-electron chi connectivity index (χ3n) is 3.47. The Hall–Kier alpha value is -2.49. The lowest BCUT2D eigenvalue weighted by Gasteiger charge is -2.37. The highest BCUT2D eigenvalue weighted by atomic mass is 19.4. The first-order valence-electron chi connectivity index (χ1n) is 7.08. The molecule has 0 aromatic heterocycles. The number of alkyl halides is 3. The van der Waals surface area contributed by atoms with Gasteiger partial charge in [-0.1, -0.05) is 6.07 Å². The monoisotopic (exact) mass is 364 g/mol. The summed E-state index contributed by atoms with van der Waals surface area (Å²) < 4.78 is 42.2. The summed E-state index contributed by atoms with van der Waals surface area (Å²) >= 11 is 0. The van der Waals surface area contributed by atoms with E-state index in [0.717, 1.165) is 0 Å². The van der Waals surface area contributed by atoms with Crippen molar-refractivity contribution in [3.63, 3.8) is 0 Å². The average molecular weight is 364 g/mol. The second-order valence-corrected chi connectivity index (χ2v) is 5.46. The Kier molecular flexibility index (Phi) is 6.63. The molecule has 7 nitrogen and oxygen atoms in total. The number of halogens is 3. The van der Waals surface area contributed by atoms with Gasteiger partial charge in [0.1, 0.15) is 0 Å². The summed E-state index contributed by atoms with van der Waals surface area (Å²) in [5.41, 5.74) is 0.295. The molecule has 1 aliphatic heterocycles. The number of carbonyl (C=O) groups is 2. The molecular weight excluding hydrogens is 345 g/mol. The van der Waals surface area contributed by atoms with Crippen molar-refractivity contribution in [3.8, 4) is 11.5 Å². The van der Waals surface area contributed by atoms with Gasteiger partial charge in [-0.25, -0.2) is 4.79 Å². The molecule has 1 fully saturated rings. The minimum atomic E-state index is -5.08. The fourth-order valence-electron chi connectivity index (χ4n) is 1.92. The van der Waals surface area contributed by atoms with Crippen LogP contribution in [-0.4, -0.2) is 50.5 Å². The molecule has 25 heavy (non-hydrogen) atoms. The van der Waals surface area contributed by atoms with Crippen LogP contribution in [0.25, 0.3) is 0 Å². The van der Waals surface area contributed by atoms with Crippen molar-refractivity contribution in [2.45, 2.75) is 13.1 Å². The van der Waals surface area contributed by atoms with E-state index in [9.17, 15) is 18.0 Å². The molecule has 140 valence electrons. The number of rotatable bonds is 4. The maximum Gasteiger partial charge on any atom is 0.490 e. The molecule has 0 atom stereocenters. The SMILES string of the molecule is COc1cccc(NC(=O)C2(C)CNC2)c1OC.O=C(O)C(F)(F)F. The Labute approximate surface area is 142 Å². The number of benzene rings is 1. The van der Waals surface area contributed by atoms with Crippen molar-refractivity contribution in [1.82, 2.24) is 5.32 Å². The second kappa shape index (κ2) is 8.06. The van der Waals surface area contributed by atoms with Crippen LogP contribution in [0.5, 0.6) is 11.5 Å². The molecule has 0 saturated carbocycles. The number of carboxylic acids is 1. The normalized spacial score (nSPS) is 15.1. The number of hydrogen-bond acceptors (Lipinski definition) is 5. The van der Waals surface area contributed by atoms with Crippen LogP contribution >= 0.6 is 0 Å². The molecule has 1 heterocycles. The fourth-order valence-corrected chi connectivity index (χ4v) is 1.92. The summed E-state index contributed by atoms with van der Waals surface area (Å²) in [7, 11) is 3.13. The minimum absolute atomic E-state index is 0.00666. The number of nitrogens with one attached hydrogen (secondary N) is 2. The van der Waals surface area contributed by atoms with Gasteiger partial charge in [0.05, 0.1) is 25.3 Å². The number of methoxy groups -OCH3 is 2. The summed E-state index contributed by atoms with van der Waals surface area (Å²) in [4.78, 5) is 21.0. The number of para-hydroxylation sites is 1. The Morgan fingerprint density at radius 1 is 1.24 bits per heavy atom. The highest BCUT2D eigenvalue weighted by Crippen LogP contribution is 2.36. The predicted molar refractivity (Wildman–Crippen MR) is 82.8 cm³/mol. The van der Waals surface area contributed by atoms with E-state index in [1.165, 1.54) is 0 Å². The summed E-state index contributed by atoms with van der Waals surface area (Å²) in [5, 5.41) is 13.1. The van der Waals surface area contributed by atoms with Crippen LogP contribution in [0.4, 0.5) is 18.9 Å². The van der Waals surface area contributed by atoms with E-state index in [4.69, 9.17) is 19.4 Å². The number of anilines is 1. The van der Waals surface area contributed by atoms with Crippen LogP contribution in [0.15, 0.2) is 18.2 Å². The van der Waals surface area contributed by atoms with Crippen molar-refractivity contribution in [2.24, 2.45) is 5.41 Å². The van der Waals surface area contributed by atoms with Crippen LogP contribution in [-0.2, 0) is 9.59 Å². The molecule has 2 rings (SSSR count). The summed E-state index contributed by atoms with van der Waals surface area (Å²) in [6.45, 7) is 3.34. The van der Waals surface area contributed by atoms with E-state index in [2.05, 4.69) is 10.6 Å². The van der Waals surface area contributed by atoms with E-state index in [-0.39, 0.29) is 11.3 Å². The highest BCUT2D eigenvalue weighted by Gasteiger charge is 2.39. The van der Waals surface area contributed by atoms with E-state index in [1.807, 2.05) is 13.0 Å². The maximum atomic E-state index is 12.1. The molecule has 1 aromatic rings. The Morgan fingerprint density at radius 3 is 2.16 bits per heavy atom. The third-order valence-corrected chi connectivity index (χ3v) is 3.47. The quantitative estimate of drug-likeness (QED) is 0.755. The Bertz CT molecular complexity index is 630. The van der Waals surface area contributed by atoms with Crippen molar-refractivity contribution >= 4 is 17.6 Å². The molecule has 1 aliphatic rings. The van der Waals surface area contributed by atoms with Crippen molar-refractivity contribution < 1.29 is 37.3 Å². The molecule has 0 radical (unpaired) electrons. The highest BCUT2D eigenvalue weighted by molar-refractivity contribution is 5.97. The first-order chi connectivity index (χ1) is 11.5. The van der Waals surface area contributed by atoms with Gasteiger partial charge in [-0.15, -0.1) is 0 Å². The minimum Gasteiger partial charge on any atom is -0.493 e. The van der Waals surface area contributed by atoms with Gasteiger partial charge in [-0.2, -0.15) is 13.2 Å². The van der Waals surface area contributed by atoms with Gasteiger partial charge in [0.15, 0.2) is 11.5 Å². The maximum absolute atomic E-state index is 12.1. The largest absolute Gasteiger partial charge is 0.493 e. The summed E-state index contributed by atoms with van der Waals surface area (Å²) in [5.74, 6) is -1.61. The van der Waals surface area contributed by atoms with Crippen LogP contribution in [0.2, 0.25) is 0 Å². The fraction of sp³-hybridized carbons (Fsp3) is 0.467. The van der Waals surface area contributed by atoms with E-state index in [1.54, 1.807) is 26.4 Å². The third kappa shape index (κ3) is 5.24. The van der Waals surface area contributed by atoms with Gasteiger partial charge >= 0.3 is 12.1 Å². The molecule has 1 saturated heterocycles. The van der Waals surface area contributed by atoms with Crippen LogP contribution in [0.3, 0.4) is 0 Å². The number of ether oxygens (including phenoxy) is 2. The van der Waals surface area contributed by atoms with E-state index in [0.29, 0.717) is 30.3 Å². The van der Waals surface area contributed by atoms with Gasteiger partial charge in [0.25, 0.3) is 0 Å². The molecule has 0 spiro atoms. The van der Waals surface area contributed by atoms with Gasteiger partial charge in [0.2, 0.25) is 5.91 Å². The lowest BCUT2D eigenvalue weighted by molar-refractivity contribution is -0.192. The lowest BCUT2D eigenvalue weighted by Crippen LogP contribution is -2.58. The number of amides is 1. The molecule has 0 aliphatic carbocycles. The Balaban J connectivity index is 0.000000381. The van der Waals surface area contributed by atoms with Gasteiger partial charge in [-0.3, -0.25) is 4.79 Å². The predicted octanol–water partition coefficient (Wildman–Crippen LogP) is 1.89. The molecule has 0 bridgehead atoms. The molecule has 1 amide bonds. The molecule has 3 N–H and O–H groups in total.